The summed E-state index contributed by atoms with van der Waals surface area (Å²) in [5, 5.41) is 4.06. The molecule has 2 aromatic carbocycles. The van der Waals surface area contributed by atoms with Crippen molar-refractivity contribution >= 4 is 34.9 Å². The average molecular weight is 646 g/mol. The van der Waals surface area contributed by atoms with Gasteiger partial charge in [0.2, 0.25) is 5.79 Å². The van der Waals surface area contributed by atoms with Gasteiger partial charge in [0.05, 0.1) is 37.7 Å². The summed E-state index contributed by atoms with van der Waals surface area (Å²) in [5.74, 6) is -0.319. The van der Waals surface area contributed by atoms with Gasteiger partial charge in [-0.3, -0.25) is 4.90 Å². The van der Waals surface area contributed by atoms with Crippen LogP contribution in [0.25, 0.3) is 0 Å². The molecule has 44 heavy (non-hydrogen) atoms. The Kier molecular flexibility index (Phi) is 10.1. The first-order valence-electron chi connectivity index (χ1n) is 15.0. The zero-order valence-electron chi connectivity index (χ0n) is 24.6. The summed E-state index contributed by atoms with van der Waals surface area (Å²) in [6, 6.07) is 13.5. The smallest absolute Gasteiger partial charge is 0.317 e. The van der Waals surface area contributed by atoms with Crippen molar-refractivity contribution in [3.63, 3.8) is 0 Å². The Morgan fingerprint density at radius 2 is 1.84 bits per heavy atom. The molecular formula is C31H38Cl2N6O5. The number of morpholine rings is 1. The Bertz CT molecular complexity index is 1370. The lowest BCUT2D eigenvalue weighted by Gasteiger charge is -2.36. The molecule has 2 unspecified atom stereocenters. The summed E-state index contributed by atoms with van der Waals surface area (Å²) < 4.78 is 26.1. The molecule has 11 nitrogen and oxygen atoms in total. The van der Waals surface area contributed by atoms with E-state index >= 15 is 0 Å². The summed E-state index contributed by atoms with van der Waals surface area (Å²) in [5.41, 5.74) is 1.87. The number of carbonyl (C=O) groups excluding carboxylic acids is 1. The zero-order chi connectivity index (χ0) is 30.4. The van der Waals surface area contributed by atoms with Crippen LogP contribution in [0.4, 0.5) is 10.5 Å². The number of hydrogen-bond donors (Lipinski definition) is 1. The first-order chi connectivity index (χ1) is 21.5. The van der Waals surface area contributed by atoms with Crippen molar-refractivity contribution in [3.05, 3.63) is 76.8 Å². The van der Waals surface area contributed by atoms with E-state index < -0.39 is 5.79 Å². The highest BCUT2D eigenvalue weighted by Crippen LogP contribution is 2.40. The lowest BCUT2D eigenvalue weighted by atomic mass is 10.1. The van der Waals surface area contributed by atoms with Gasteiger partial charge >= 0.3 is 6.03 Å². The Morgan fingerprint density at radius 3 is 2.57 bits per heavy atom. The molecule has 0 aliphatic carbocycles. The van der Waals surface area contributed by atoms with Gasteiger partial charge in [-0.25, -0.2) is 9.78 Å². The normalized spacial score (nSPS) is 22.7. The molecule has 236 valence electrons. The van der Waals surface area contributed by atoms with Gasteiger partial charge in [-0.2, -0.15) is 0 Å². The van der Waals surface area contributed by atoms with Gasteiger partial charge in [-0.1, -0.05) is 29.3 Å². The predicted octanol–water partition coefficient (Wildman–Crippen LogP) is 3.70. The highest BCUT2D eigenvalue weighted by atomic mass is 35.5. The van der Waals surface area contributed by atoms with Crippen molar-refractivity contribution in [2.45, 2.75) is 18.4 Å². The first kappa shape index (κ1) is 30.9. The van der Waals surface area contributed by atoms with Crippen LogP contribution in [0.15, 0.2) is 61.2 Å². The molecule has 0 bridgehead atoms. The van der Waals surface area contributed by atoms with Gasteiger partial charge in [-0.05, 0) is 36.4 Å². The highest BCUT2D eigenvalue weighted by molar-refractivity contribution is 6.35. The Balaban J connectivity index is 0.963. The van der Waals surface area contributed by atoms with Gasteiger partial charge < -0.3 is 38.6 Å². The van der Waals surface area contributed by atoms with Crippen LogP contribution >= 0.6 is 23.2 Å². The number of amides is 2. The Labute approximate surface area is 267 Å². The van der Waals surface area contributed by atoms with Crippen LogP contribution in [0.5, 0.6) is 5.75 Å². The number of hydrogen-bond acceptors (Lipinski definition) is 8. The fraction of sp³-hybridized carbons (Fsp3) is 0.484. The van der Waals surface area contributed by atoms with E-state index in [-0.39, 0.29) is 12.1 Å². The molecule has 1 N–H and O–H groups in total. The van der Waals surface area contributed by atoms with E-state index in [9.17, 15) is 4.79 Å². The zero-order valence-corrected chi connectivity index (χ0v) is 26.1. The Morgan fingerprint density at radius 1 is 1.05 bits per heavy atom. The number of rotatable bonds is 10. The van der Waals surface area contributed by atoms with Crippen LogP contribution in [0.1, 0.15) is 5.56 Å². The molecule has 3 fully saturated rings. The van der Waals surface area contributed by atoms with Gasteiger partial charge in [0, 0.05) is 81.0 Å². The molecule has 6 rings (SSSR count). The third-order valence-electron chi connectivity index (χ3n) is 8.16. The summed E-state index contributed by atoms with van der Waals surface area (Å²) in [6.07, 6.45) is 5.00. The third-order valence-corrected chi connectivity index (χ3v) is 8.71. The van der Waals surface area contributed by atoms with Gasteiger partial charge in [0.25, 0.3) is 0 Å². The maximum Gasteiger partial charge on any atom is 0.317 e. The van der Waals surface area contributed by atoms with Crippen molar-refractivity contribution in [1.82, 2.24) is 24.7 Å². The second kappa shape index (κ2) is 14.4. The second-order valence-corrected chi connectivity index (χ2v) is 12.0. The minimum Gasteiger partial charge on any atom is -0.491 e. The van der Waals surface area contributed by atoms with E-state index in [1.165, 1.54) is 0 Å². The number of ether oxygens (including phenoxy) is 4. The number of halogens is 2. The van der Waals surface area contributed by atoms with Crippen molar-refractivity contribution < 1.29 is 23.7 Å². The number of nitrogens with one attached hydrogen (secondary N) is 1. The first-order valence-corrected chi connectivity index (χ1v) is 15.8. The van der Waals surface area contributed by atoms with E-state index in [1.807, 2.05) is 33.9 Å². The number of imidazole rings is 1. The highest BCUT2D eigenvalue weighted by Gasteiger charge is 2.45. The van der Waals surface area contributed by atoms with E-state index in [0.717, 1.165) is 44.2 Å². The van der Waals surface area contributed by atoms with Crippen molar-refractivity contribution in [2.24, 2.45) is 0 Å². The minimum absolute atomic E-state index is 0.000948. The van der Waals surface area contributed by atoms with E-state index in [1.54, 1.807) is 24.7 Å². The number of urea groups is 1. The molecule has 0 spiro atoms. The van der Waals surface area contributed by atoms with Crippen molar-refractivity contribution in [3.8, 4) is 5.75 Å². The standard InChI is InChI=1S/C31H38Cl2N6O5/c32-24-1-6-28(29(33)19-24)31(22-37-9-7-34-23-37)43-21-27(44-31)20-42-26-4-2-25(3-5-26)38-13-11-36(12-14-38)10-8-35-30(40)39-15-17-41-18-16-39/h1-7,9,19,23,27H,8,10-18,20-22H2,(H,35,40). The second-order valence-electron chi connectivity index (χ2n) is 11.1. The summed E-state index contributed by atoms with van der Waals surface area (Å²) in [7, 11) is 0. The number of carbonyl (C=O) groups is 1. The maximum atomic E-state index is 12.3. The molecule has 0 saturated carbocycles. The van der Waals surface area contributed by atoms with Crippen LogP contribution in [-0.4, -0.2) is 110 Å². The van der Waals surface area contributed by atoms with E-state index in [4.69, 9.17) is 42.1 Å². The average Bonchev–Trinajstić information content (AvgIpc) is 3.71. The number of nitrogens with zero attached hydrogens (tertiary/aromatic N) is 5. The number of piperazine rings is 1. The topological polar surface area (TPSA) is 93.6 Å². The lowest BCUT2D eigenvalue weighted by molar-refractivity contribution is -0.189. The maximum absolute atomic E-state index is 12.3. The molecule has 0 radical (unpaired) electrons. The van der Waals surface area contributed by atoms with Crippen molar-refractivity contribution in [2.75, 3.05) is 83.7 Å². The number of anilines is 1. The molecule has 3 aliphatic rings. The van der Waals surface area contributed by atoms with Gasteiger partial charge in [0.15, 0.2) is 0 Å². The van der Waals surface area contributed by atoms with Crippen LogP contribution in [-0.2, 0) is 26.5 Å². The Hall–Kier alpha value is -3.06. The summed E-state index contributed by atoms with van der Waals surface area (Å²) in [6.45, 7) is 8.85. The fourth-order valence-electron chi connectivity index (χ4n) is 5.75. The number of benzene rings is 2. The molecule has 3 aliphatic heterocycles. The molecule has 3 saturated heterocycles. The molecule has 3 aromatic rings. The molecule has 1 aromatic heterocycles. The monoisotopic (exact) mass is 644 g/mol. The van der Waals surface area contributed by atoms with Crippen LogP contribution in [0.3, 0.4) is 0 Å². The molecule has 2 atom stereocenters. The third kappa shape index (κ3) is 7.59. The quantitative estimate of drug-likeness (QED) is 0.357. The van der Waals surface area contributed by atoms with Gasteiger partial charge in [0.1, 0.15) is 18.5 Å². The molecule has 4 heterocycles. The summed E-state index contributed by atoms with van der Waals surface area (Å²) in [4.78, 5) is 23.0. The number of aromatic nitrogens is 2. The van der Waals surface area contributed by atoms with Crippen LogP contribution in [0.2, 0.25) is 10.0 Å². The van der Waals surface area contributed by atoms with Gasteiger partial charge in [-0.15, -0.1) is 0 Å². The van der Waals surface area contributed by atoms with E-state index in [2.05, 4.69) is 32.2 Å². The fourth-order valence-corrected chi connectivity index (χ4v) is 6.30. The van der Waals surface area contributed by atoms with E-state index in [0.29, 0.717) is 68.2 Å². The minimum atomic E-state index is -1.09. The molecule has 13 heteroatoms. The summed E-state index contributed by atoms with van der Waals surface area (Å²) >= 11 is 12.7. The molecular weight excluding hydrogens is 607 g/mol. The van der Waals surface area contributed by atoms with Crippen LogP contribution in [0, 0.1) is 0 Å². The lowest BCUT2D eigenvalue weighted by Crippen LogP contribution is -2.50. The molecule has 2 amide bonds. The van der Waals surface area contributed by atoms with Crippen LogP contribution < -0.4 is 15.0 Å². The predicted molar refractivity (Wildman–Crippen MR) is 168 cm³/mol. The SMILES string of the molecule is O=C(NCCN1CCN(c2ccc(OCC3COC(Cn4ccnc4)(c4ccc(Cl)cc4Cl)O3)cc2)CC1)N1CCOCC1. The largest absolute Gasteiger partial charge is 0.491 e. The van der Waals surface area contributed by atoms with Crippen molar-refractivity contribution in [1.29, 1.82) is 0 Å².